The van der Waals surface area contributed by atoms with Crippen LogP contribution in [-0.4, -0.2) is 4.40 Å². The highest BCUT2D eigenvalue weighted by atomic mass is 16.3. The maximum absolute atomic E-state index is 13.7. The van der Waals surface area contributed by atoms with Gasteiger partial charge in [-0.25, -0.2) is 0 Å². The van der Waals surface area contributed by atoms with Gasteiger partial charge in [0.15, 0.2) is 10.9 Å². The number of para-hydroxylation sites is 3. The molecule has 0 bridgehead atoms. The van der Waals surface area contributed by atoms with Gasteiger partial charge in [0, 0.05) is 16.2 Å². The van der Waals surface area contributed by atoms with Gasteiger partial charge >= 0.3 is 0 Å². The Morgan fingerprint density at radius 3 is 2.00 bits per heavy atom. The molecule has 3 heterocycles. The smallest absolute Gasteiger partial charge is 0.201 e. The molecule has 3 aromatic heterocycles. The largest absolute Gasteiger partial charge is 0.456 e. The third kappa shape index (κ3) is 1.95. The first-order chi connectivity index (χ1) is 15.6. The van der Waals surface area contributed by atoms with Crippen LogP contribution in [0.2, 0.25) is 0 Å². The Balaban J connectivity index is 1.92. The summed E-state index contributed by atoms with van der Waals surface area (Å²) in [7, 11) is 0. The van der Waals surface area contributed by atoms with E-state index in [0.717, 1.165) is 0 Å². The second-order valence-corrected chi connectivity index (χ2v) is 7.97. The van der Waals surface area contributed by atoms with E-state index in [1.807, 2.05) is 22.6 Å². The lowest BCUT2D eigenvalue weighted by molar-refractivity contribution is 0.660. The minimum absolute atomic E-state index is 0.115. The molecule has 32 heavy (non-hydrogen) atoms. The summed E-state index contributed by atoms with van der Waals surface area (Å²) in [4.78, 5) is 40.4. The number of hydrogen-bond donors (Lipinski definition) is 0. The van der Waals surface area contributed by atoms with Crippen molar-refractivity contribution in [1.29, 1.82) is 0 Å². The van der Waals surface area contributed by atoms with E-state index in [2.05, 4.69) is 0 Å². The van der Waals surface area contributed by atoms with Crippen LogP contribution in [0, 0.1) is 0 Å². The minimum atomic E-state index is -0.284. The third-order valence-electron chi connectivity index (χ3n) is 6.33. The molecule has 0 unspecified atom stereocenters. The van der Waals surface area contributed by atoms with Crippen molar-refractivity contribution in [3.8, 4) is 0 Å². The summed E-state index contributed by atoms with van der Waals surface area (Å²) in [6.45, 7) is 0. The molecular weight excluding hydrogens is 402 g/mol. The highest BCUT2D eigenvalue weighted by Gasteiger charge is 2.20. The van der Waals surface area contributed by atoms with Gasteiger partial charge < -0.3 is 8.82 Å². The maximum atomic E-state index is 13.7. The highest BCUT2D eigenvalue weighted by molar-refractivity contribution is 6.14. The number of fused-ring (bicyclic) bond motifs is 7. The second kappa shape index (κ2) is 5.80. The van der Waals surface area contributed by atoms with Crippen LogP contribution in [0.3, 0.4) is 0 Å². The Hall–Kier alpha value is -4.51. The van der Waals surface area contributed by atoms with E-state index in [1.165, 1.54) is 0 Å². The number of benzene rings is 4. The van der Waals surface area contributed by atoms with Crippen molar-refractivity contribution in [2.45, 2.75) is 0 Å². The molecule has 0 aliphatic heterocycles. The molecule has 0 atom stereocenters. The van der Waals surface area contributed by atoms with Crippen molar-refractivity contribution in [2.24, 2.45) is 0 Å². The Morgan fingerprint density at radius 2 is 1.16 bits per heavy atom. The van der Waals surface area contributed by atoms with Crippen LogP contribution < -0.4 is 16.3 Å². The van der Waals surface area contributed by atoms with Crippen LogP contribution in [0.5, 0.6) is 0 Å². The SMILES string of the molecule is O=c1c2ccccc2n2c3ccc4oc5ccccc5c(=O)c4c3c(=O)c3cccc1c32. The molecule has 0 spiro atoms. The average Bonchev–Trinajstić information content (AvgIpc) is 2.83. The Bertz CT molecular complexity index is 2100. The summed E-state index contributed by atoms with van der Waals surface area (Å²) >= 11 is 0. The summed E-state index contributed by atoms with van der Waals surface area (Å²) in [5, 5.41) is 2.43. The summed E-state index contributed by atoms with van der Waals surface area (Å²) in [5.74, 6) is 0. The Kier molecular flexibility index (Phi) is 3.12. The Morgan fingerprint density at radius 1 is 0.500 bits per heavy atom. The summed E-state index contributed by atoms with van der Waals surface area (Å²) < 4.78 is 7.92. The molecular formula is C27H13NO4. The van der Waals surface area contributed by atoms with Gasteiger partial charge in [0.2, 0.25) is 5.43 Å². The van der Waals surface area contributed by atoms with Crippen molar-refractivity contribution < 1.29 is 4.42 Å². The monoisotopic (exact) mass is 415 g/mol. The van der Waals surface area contributed by atoms with E-state index in [0.29, 0.717) is 54.6 Å². The van der Waals surface area contributed by atoms with Crippen molar-refractivity contribution in [3.05, 3.63) is 110 Å². The van der Waals surface area contributed by atoms with E-state index >= 15 is 0 Å². The van der Waals surface area contributed by atoms with E-state index < -0.39 is 0 Å². The van der Waals surface area contributed by atoms with Crippen molar-refractivity contribution >= 4 is 60.0 Å². The topological polar surface area (TPSA) is 68.8 Å². The van der Waals surface area contributed by atoms with Gasteiger partial charge in [-0.15, -0.1) is 0 Å². The van der Waals surface area contributed by atoms with E-state index in [1.54, 1.807) is 60.7 Å². The van der Waals surface area contributed by atoms with Gasteiger partial charge in [-0.2, -0.15) is 0 Å². The maximum Gasteiger partial charge on any atom is 0.201 e. The molecule has 0 aliphatic rings. The molecule has 0 N–H and O–H groups in total. The van der Waals surface area contributed by atoms with E-state index in [-0.39, 0.29) is 21.7 Å². The molecule has 150 valence electrons. The molecule has 0 amide bonds. The van der Waals surface area contributed by atoms with Crippen LogP contribution in [-0.2, 0) is 0 Å². The molecule has 0 aliphatic carbocycles. The fourth-order valence-corrected chi connectivity index (χ4v) is 4.96. The normalized spacial score (nSPS) is 12.1. The summed E-state index contributed by atoms with van der Waals surface area (Å²) in [5.41, 5.74) is 2.03. The minimum Gasteiger partial charge on any atom is -0.456 e. The van der Waals surface area contributed by atoms with Gasteiger partial charge in [0.05, 0.1) is 32.7 Å². The highest BCUT2D eigenvalue weighted by Crippen LogP contribution is 2.30. The van der Waals surface area contributed by atoms with Gasteiger partial charge in [0.25, 0.3) is 0 Å². The Labute approximate surface area is 178 Å². The first kappa shape index (κ1) is 17.2. The van der Waals surface area contributed by atoms with Gasteiger partial charge in [-0.1, -0.05) is 30.3 Å². The van der Waals surface area contributed by atoms with Crippen LogP contribution in [0.25, 0.3) is 60.0 Å². The predicted molar refractivity (Wildman–Crippen MR) is 127 cm³/mol. The van der Waals surface area contributed by atoms with Crippen LogP contribution in [0.15, 0.2) is 97.7 Å². The molecule has 7 aromatic rings. The number of aromatic nitrogens is 1. The molecule has 7 rings (SSSR count). The number of nitrogens with zero attached hydrogens (tertiary/aromatic N) is 1. The third-order valence-corrected chi connectivity index (χ3v) is 6.33. The first-order valence-corrected chi connectivity index (χ1v) is 10.3. The molecule has 0 saturated carbocycles. The average molecular weight is 415 g/mol. The van der Waals surface area contributed by atoms with Crippen LogP contribution in [0.4, 0.5) is 0 Å². The van der Waals surface area contributed by atoms with Crippen LogP contribution in [0.1, 0.15) is 0 Å². The van der Waals surface area contributed by atoms with E-state index in [4.69, 9.17) is 4.42 Å². The molecule has 0 radical (unpaired) electrons. The molecule has 0 fully saturated rings. The van der Waals surface area contributed by atoms with Gasteiger partial charge in [-0.3, -0.25) is 14.4 Å². The van der Waals surface area contributed by atoms with Gasteiger partial charge in [-0.05, 0) is 48.5 Å². The van der Waals surface area contributed by atoms with Gasteiger partial charge in [0.1, 0.15) is 11.2 Å². The zero-order chi connectivity index (χ0) is 21.6. The lowest BCUT2D eigenvalue weighted by Gasteiger charge is -2.15. The zero-order valence-electron chi connectivity index (χ0n) is 16.6. The lowest BCUT2D eigenvalue weighted by Crippen LogP contribution is -2.16. The van der Waals surface area contributed by atoms with Crippen molar-refractivity contribution in [1.82, 2.24) is 4.40 Å². The summed E-state index contributed by atoms with van der Waals surface area (Å²) in [6, 6.07) is 23.0. The van der Waals surface area contributed by atoms with Crippen LogP contribution >= 0.6 is 0 Å². The molecule has 0 saturated heterocycles. The molecule has 5 nitrogen and oxygen atoms in total. The quantitative estimate of drug-likeness (QED) is 0.263. The fourth-order valence-electron chi connectivity index (χ4n) is 4.96. The first-order valence-electron chi connectivity index (χ1n) is 10.3. The molecule has 5 heteroatoms. The number of rotatable bonds is 0. The predicted octanol–water partition coefficient (Wildman–Crippen LogP) is 4.82. The zero-order valence-corrected chi connectivity index (χ0v) is 16.6. The standard InChI is InChI=1S/C27H13NO4/c29-25-14-6-1-3-10-18(14)28-19-12-13-21-23(26(30)15-7-2-4-11-20(15)32-21)22(19)27(31)17-9-5-8-16(25)24(17)28/h1-13H. The number of pyridine rings is 2. The number of hydrogen-bond acceptors (Lipinski definition) is 4. The lowest BCUT2D eigenvalue weighted by atomic mass is 10.0. The van der Waals surface area contributed by atoms with Crippen molar-refractivity contribution in [2.75, 3.05) is 0 Å². The van der Waals surface area contributed by atoms with Crippen molar-refractivity contribution in [3.63, 3.8) is 0 Å². The fraction of sp³-hybridized carbons (Fsp3) is 0. The molecule has 4 aromatic carbocycles. The summed E-state index contributed by atoms with van der Waals surface area (Å²) in [6.07, 6.45) is 0. The second-order valence-electron chi connectivity index (χ2n) is 7.97. The van der Waals surface area contributed by atoms with E-state index in [9.17, 15) is 14.4 Å².